The minimum atomic E-state index is -0.112. The smallest absolute Gasteiger partial charge is 0.238 e. The van der Waals surface area contributed by atoms with E-state index in [-0.39, 0.29) is 35.5 Å². The van der Waals surface area contributed by atoms with Gasteiger partial charge < -0.3 is 0 Å². The summed E-state index contributed by atoms with van der Waals surface area (Å²) in [6.07, 6.45) is 5.23. The van der Waals surface area contributed by atoms with Crippen molar-refractivity contribution in [1.29, 1.82) is 0 Å². The molecule has 0 unspecified atom stereocenters. The normalized spacial score (nSPS) is 34.2. The number of nitrogens with zero attached hydrogens (tertiary/aromatic N) is 1. The topological polar surface area (TPSA) is 37.4 Å². The molecule has 2 fully saturated rings. The number of imide groups is 1. The van der Waals surface area contributed by atoms with Crippen molar-refractivity contribution in [2.45, 2.75) is 20.3 Å². The number of aryl methyl sites for hydroxylation is 2. The van der Waals surface area contributed by atoms with Crippen molar-refractivity contribution in [3.8, 4) is 0 Å². The number of rotatable bonds is 1. The third kappa shape index (κ3) is 1.35. The molecule has 0 spiro atoms. The van der Waals surface area contributed by atoms with E-state index in [1.54, 1.807) is 0 Å². The van der Waals surface area contributed by atoms with Gasteiger partial charge in [0.1, 0.15) is 0 Å². The van der Waals surface area contributed by atoms with Crippen LogP contribution in [0.15, 0.2) is 30.4 Å². The number of hydrogen-bond donors (Lipinski definition) is 0. The van der Waals surface area contributed by atoms with Crippen LogP contribution in [0, 0.1) is 37.5 Å². The zero-order valence-electron chi connectivity index (χ0n) is 11.7. The highest BCUT2D eigenvalue weighted by Gasteiger charge is 2.59. The van der Waals surface area contributed by atoms with Gasteiger partial charge in [-0.25, -0.2) is 0 Å². The summed E-state index contributed by atoms with van der Waals surface area (Å²) in [6, 6.07) is 5.81. The van der Waals surface area contributed by atoms with E-state index in [0.29, 0.717) is 0 Å². The van der Waals surface area contributed by atoms with Crippen molar-refractivity contribution in [2.24, 2.45) is 23.7 Å². The Bertz CT molecular complexity index is 631. The second-order valence-electron chi connectivity index (χ2n) is 6.28. The highest BCUT2D eigenvalue weighted by Crippen LogP contribution is 2.53. The molecule has 4 rings (SSSR count). The first-order chi connectivity index (χ1) is 9.58. The van der Waals surface area contributed by atoms with Crippen molar-refractivity contribution in [3.63, 3.8) is 0 Å². The Morgan fingerprint density at radius 2 is 1.55 bits per heavy atom. The zero-order valence-corrected chi connectivity index (χ0v) is 11.7. The largest absolute Gasteiger partial charge is 0.274 e. The maximum Gasteiger partial charge on any atom is 0.238 e. The van der Waals surface area contributed by atoms with Gasteiger partial charge in [-0.15, -0.1) is 0 Å². The number of benzene rings is 1. The average Bonchev–Trinajstić information content (AvgIpc) is 3.08. The van der Waals surface area contributed by atoms with Gasteiger partial charge in [-0.1, -0.05) is 18.2 Å². The van der Waals surface area contributed by atoms with Gasteiger partial charge in [-0.2, -0.15) is 0 Å². The van der Waals surface area contributed by atoms with E-state index in [4.69, 9.17) is 0 Å². The number of amides is 2. The molecule has 1 aliphatic heterocycles. The second-order valence-corrected chi connectivity index (χ2v) is 6.28. The molecule has 1 aromatic rings. The maximum absolute atomic E-state index is 12.7. The van der Waals surface area contributed by atoms with Crippen molar-refractivity contribution >= 4 is 17.5 Å². The van der Waals surface area contributed by atoms with Crippen LogP contribution in [0.3, 0.4) is 0 Å². The molecule has 0 N–H and O–H groups in total. The van der Waals surface area contributed by atoms with Crippen molar-refractivity contribution < 1.29 is 9.59 Å². The van der Waals surface area contributed by atoms with Crippen LogP contribution in [-0.4, -0.2) is 11.8 Å². The standard InChI is InChI=1S/C17H17NO2/c1-9-3-6-13(7-10(9)2)18-16(19)14-11-4-5-12(8-11)15(14)17(18)20/h3-7,11-12,14-15H,8H2,1-2H3/t11-,12+,14-,15-/m0/s1. The van der Waals surface area contributed by atoms with Crippen LogP contribution >= 0.6 is 0 Å². The van der Waals surface area contributed by atoms with Crippen LogP contribution in [0.5, 0.6) is 0 Å². The first-order valence-corrected chi connectivity index (χ1v) is 7.21. The molecule has 2 bridgehead atoms. The fourth-order valence-electron chi connectivity index (χ4n) is 4.02. The number of fused-ring (bicyclic) bond motifs is 5. The average molecular weight is 267 g/mol. The molecular weight excluding hydrogens is 250 g/mol. The summed E-state index contributed by atoms with van der Waals surface area (Å²) < 4.78 is 0. The molecule has 20 heavy (non-hydrogen) atoms. The summed E-state index contributed by atoms with van der Waals surface area (Å²) >= 11 is 0. The number of allylic oxidation sites excluding steroid dienone is 2. The Kier molecular flexibility index (Phi) is 2.27. The van der Waals surface area contributed by atoms with Gasteiger partial charge in [-0.3, -0.25) is 14.5 Å². The highest BCUT2D eigenvalue weighted by atomic mass is 16.2. The summed E-state index contributed by atoms with van der Waals surface area (Å²) in [5, 5.41) is 0. The molecule has 3 aliphatic rings. The van der Waals surface area contributed by atoms with E-state index in [0.717, 1.165) is 17.7 Å². The second kappa shape index (κ2) is 3.81. The van der Waals surface area contributed by atoms with Gasteiger partial charge in [0, 0.05) is 0 Å². The molecule has 0 radical (unpaired) electrons. The van der Waals surface area contributed by atoms with Crippen LogP contribution in [-0.2, 0) is 9.59 Å². The van der Waals surface area contributed by atoms with E-state index in [2.05, 4.69) is 12.2 Å². The minimum absolute atomic E-state index is 0.0000954. The van der Waals surface area contributed by atoms with Gasteiger partial charge in [0.15, 0.2) is 0 Å². The molecule has 1 saturated heterocycles. The summed E-state index contributed by atoms with van der Waals surface area (Å²) in [7, 11) is 0. The van der Waals surface area contributed by atoms with Crippen LogP contribution in [0.25, 0.3) is 0 Å². The molecule has 1 saturated carbocycles. The van der Waals surface area contributed by atoms with Crippen LogP contribution in [0.4, 0.5) is 5.69 Å². The first-order valence-electron chi connectivity index (χ1n) is 7.21. The molecule has 3 nitrogen and oxygen atoms in total. The Balaban J connectivity index is 1.76. The van der Waals surface area contributed by atoms with Crippen LogP contribution in [0.2, 0.25) is 0 Å². The van der Waals surface area contributed by atoms with Gasteiger partial charge >= 0.3 is 0 Å². The molecule has 0 aromatic heterocycles. The van der Waals surface area contributed by atoms with Gasteiger partial charge in [0.05, 0.1) is 17.5 Å². The molecule has 1 heterocycles. The van der Waals surface area contributed by atoms with E-state index >= 15 is 0 Å². The van der Waals surface area contributed by atoms with Gasteiger partial charge in [0.2, 0.25) is 11.8 Å². The van der Waals surface area contributed by atoms with Crippen LogP contribution in [0.1, 0.15) is 17.5 Å². The fourth-order valence-corrected chi connectivity index (χ4v) is 4.02. The lowest BCUT2D eigenvalue weighted by molar-refractivity contribution is -0.123. The number of carbonyl (C=O) groups is 2. The summed E-state index contributed by atoms with van der Waals surface area (Å²) in [5.41, 5.74) is 3.02. The monoisotopic (exact) mass is 267 g/mol. The summed E-state index contributed by atoms with van der Waals surface area (Å²) in [5.74, 6) is 0.328. The summed E-state index contributed by atoms with van der Waals surface area (Å²) in [4.78, 5) is 26.7. The predicted molar refractivity (Wildman–Crippen MR) is 76.1 cm³/mol. The van der Waals surface area contributed by atoms with Crippen molar-refractivity contribution in [3.05, 3.63) is 41.5 Å². The molecule has 1 aromatic carbocycles. The molecule has 3 heteroatoms. The third-order valence-electron chi connectivity index (χ3n) is 5.22. The predicted octanol–water partition coefficient (Wildman–Crippen LogP) is 2.61. The van der Waals surface area contributed by atoms with Gasteiger partial charge in [-0.05, 0) is 55.4 Å². The first kappa shape index (κ1) is 11.9. The van der Waals surface area contributed by atoms with Crippen LogP contribution < -0.4 is 4.90 Å². The van der Waals surface area contributed by atoms with Gasteiger partial charge in [0.25, 0.3) is 0 Å². The minimum Gasteiger partial charge on any atom is -0.274 e. The molecule has 4 atom stereocenters. The summed E-state index contributed by atoms with van der Waals surface area (Å²) in [6.45, 7) is 4.04. The maximum atomic E-state index is 12.7. The Hall–Kier alpha value is -1.90. The van der Waals surface area contributed by atoms with Crippen molar-refractivity contribution in [1.82, 2.24) is 0 Å². The number of carbonyl (C=O) groups excluding carboxylic acids is 2. The number of anilines is 1. The van der Waals surface area contributed by atoms with E-state index in [1.165, 1.54) is 10.5 Å². The Morgan fingerprint density at radius 3 is 2.10 bits per heavy atom. The molecule has 2 aliphatic carbocycles. The van der Waals surface area contributed by atoms with E-state index in [9.17, 15) is 9.59 Å². The molecular formula is C17H17NO2. The lowest BCUT2D eigenvalue weighted by Crippen LogP contribution is -2.32. The zero-order chi connectivity index (χ0) is 14.0. The highest BCUT2D eigenvalue weighted by molar-refractivity contribution is 6.22. The Morgan fingerprint density at radius 1 is 0.950 bits per heavy atom. The molecule has 102 valence electrons. The lowest BCUT2D eigenvalue weighted by atomic mass is 9.85. The number of hydrogen-bond acceptors (Lipinski definition) is 2. The van der Waals surface area contributed by atoms with E-state index < -0.39 is 0 Å². The quantitative estimate of drug-likeness (QED) is 0.579. The van der Waals surface area contributed by atoms with E-state index in [1.807, 2.05) is 32.0 Å². The Labute approximate surface area is 118 Å². The van der Waals surface area contributed by atoms with Crippen molar-refractivity contribution in [2.75, 3.05) is 4.90 Å². The lowest BCUT2D eigenvalue weighted by Gasteiger charge is -2.18. The molecule has 2 amide bonds. The third-order valence-corrected chi connectivity index (χ3v) is 5.22. The fraction of sp³-hybridized carbons (Fsp3) is 0.412. The SMILES string of the molecule is Cc1ccc(N2C(=O)[C@@H]3[C@@H](C2=O)[C@H]2C=C[C@@H]3C2)cc1C.